The normalized spacial score (nSPS) is 13.2. The molecule has 4 heteroatoms. The summed E-state index contributed by atoms with van der Waals surface area (Å²) in [4.78, 5) is 0. The highest BCUT2D eigenvalue weighted by Crippen LogP contribution is 2.38. The first-order valence-electron chi connectivity index (χ1n) is 8.42. The molecular formula is C19H37ClOSi2. The van der Waals surface area contributed by atoms with E-state index < -0.39 is 15.7 Å². The molecule has 0 aromatic heterocycles. The lowest BCUT2D eigenvalue weighted by atomic mass is 10.2. The maximum absolute atomic E-state index is 6.19. The summed E-state index contributed by atoms with van der Waals surface area (Å²) in [6.45, 7) is 24.4. The lowest BCUT2D eigenvalue weighted by Crippen LogP contribution is -2.43. The van der Waals surface area contributed by atoms with Gasteiger partial charge >= 0.3 is 0 Å². The average molecular weight is 373 g/mol. The van der Waals surface area contributed by atoms with E-state index >= 15 is 0 Å². The zero-order valence-electron chi connectivity index (χ0n) is 17.1. The zero-order chi connectivity index (χ0) is 18.7. The monoisotopic (exact) mass is 372 g/mol. The maximum Gasteiger partial charge on any atom is 0.250 e. The van der Waals surface area contributed by atoms with Crippen LogP contribution >= 0.6 is 11.1 Å². The summed E-state index contributed by atoms with van der Waals surface area (Å²) < 4.78 is 6.19. The fourth-order valence-corrected chi connectivity index (χ4v) is 2.15. The van der Waals surface area contributed by atoms with E-state index in [1.807, 2.05) is 6.07 Å². The molecule has 1 aromatic rings. The van der Waals surface area contributed by atoms with Crippen molar-refractivity contribution < 1.29 is 4.43 Å². The third kappa shape index (κ3) is 7.91. The second-order valence-corrected chi connectivity index (χ2v) is 21.4. The van der Waals surface area contributed by atoms with Crippen molar-refractivity contribution in [3.05, 3.63) is 29.8 Å². The van der Waals surface area contributed by atoms with Crippen LogP contribution in [-0.2, 0) is 0 Å². The summed E-state index contributed by atoms with van der Waals surface area (Å²) in [5.74, 6) is 1.02. The van der Waals surface area contributed by atoms with Gasteiger partial charge in [-0.15, -0.1) is 0 Å². The third-order valence-corrected chi connectivity index (χ3v) is 14.6. The third-order valence-electron chi connectivity index (χ3n) is 4.95. The minimum Gasteiger partial charge on any atom is -0.543 e. The predicted molar refractivity (Wildman–Crippen MR) is 112 cm³/mol. The largest absolute Gasteiger partial charge is 0.543 e. The molecule has 0 radical (unpaired) electrons. The van der Waals surface area contributed by atoms with Gasteiger partial charge in [0.15, 0.2) is 7.38 Å². The number of halogens is 1. The molecule has 0 saturated carbocycles. The van der Waals surface area contributed by atoms with Gasteiger partial charge in [0.1, 0.15) is 5.75 Å². The molecule has 0 aliphatic carbocycles. The SMILES string of the molecule is CC(C)(C)[Si](C)(C)Cl.Cc1cccc(O[Si](C)(C)C(C)(C)C)c1. The molecule has 0 amide bonds. The van der Waals surface area contributed by atoms with Crippen molar-refractivity contribution in [1.29, 1.82) is 0 Å². The van der Waals surface area contributed by atoms with Gasteiger partial charge < -0.3 is 4.43 Å². The standard InChI is InChI=1S/C13H22OSi.C6H15ClSi/c1-11-8-7-9-12(10-11)14-15(5,6)13(2,3)4;1-6(2,3)8(4,5)7/h7-10H,1-6H3;1-5H3. The van der Waals surface area contributed by atoms with Gasteiger partial charge in [-0.05, 0) is 47.8 Å². The average Bonchev–Trinajstić information content (AvgIpc) is 2.24. The van der Waals surface area contributed by atoms with Crippen LogP contribution in [-0.4, -0.2) is 15.7 Å². The summed E-state index contributed by atoms with van der Waals surface area (Å²) >= 11 is 6.15. The number of hydrogen-bond donors (Lipinski definition) is 0. The van der Waals surface area contributed by atoms with Gasteiger partial charge in [0.05, 0.1) is 0 Å². The van der Waals surface area contributed by atoms with Gasteiger partial charge in [0, 0.05) is 0 Å². The Bertz CT molecular complexity index is 479. The van der Waals surface area contributed by atoms with Gasteiger partial charge in [-0.2, -0.15) is 11.1 Å². The first-order valence-corrected chi connectivity index (χ1v) is 15.3. The van der Waals surface area contributed by atoms with Gasteiger partial charge in [0.2, 0.25) is 8.32 Å². The molecule has 0 bridgehead atoms. The Morgan fingerprint density at radius 3 is 1.61 bits per heavy atom. The van der Waals surface area contributed by atoms with Gasteiger partial charge in [-0.25, -0.2) is 0 Å². The van der Waals surface area contributed by atoms with E-state index in [1.54, 1.807) is 0 Å². The molecule has 0 aliphatic rings. The summed E-state index contributed by atoms with van der Waals surface area (Å²) in [6, 6.07) is 8.31. The van der Waals surface area contributed by atoms with E-state index in [0.29, 0.717) is 5.04 Å². The highest BCUT2D eigenvalue weighted by molar-refractivity contribution is 7.20. The highest BCUT2D eigenvalue weighted by Gasteiger charge is 2.38. The Kier molecular flexibility index (Phi) is 7.66. The van der Waals surface area contributed by atoms with Crippen LogP contribution in [0.5, 0.6) is 5.75 Å². The van der Waals surface area contributed by atoms with Crippen LogP contribution < -0.4 is 4.43 Å². The molecule has 1 rings (SSSR count). The van der Waals surface area contributed by atoms with Crippen LogP contribution in [0.2, 0.25) is 36.3 Å². The number of aryl methyl sites for hydroxylation is 1. The summed E-state index contributed by atoms with van der Waals surface area (Å²) in [7, 11) is -3.06. The first kappa shape index (κ1) is 22.7. The van der Waals surface area contributed by atoms with E-state index in [4.69, 9.17) is 15.5 Å². The molecule has 0 unspecified atom stereocenters. The first-order chi connectivity index (χ1) is 9.97. The van der Waals surface area contributed by atoms with Crippen molar-refractivity contribution in [1.82, 2.24) is 0 Å². The zero-order valence-corrected chi connectivity index (χ0v) is 19.9. The molecule has 0 atom stereocenters. The molecule has 0 fully saturated rings. The van der Waals surface area contributed by atoms with Crippen LogP contribution in [0.15, 0.2) is 24.3 Å². The van der Waals surface area contributed by atoms with E-state index in [2.05, 4.69) is 92.9 Å². The van der Waals surface area contributed by atoms with Crippen LogP contribution in [0.1, 0.15) is 47.1 Å². The fourth-order valence-electron chi connectivity index (χ4n) is 1.13. The van der Waals surface area contributed by atoms with Gasteiger partial charge in [-0.3, -0.25) is 0 Å². The van der Waals surface area contributed by atoms with Crippen molar-refractivity contribution in [2.75, 3.05) is 0 Å². The van der Waals surface area contributed by atoms with Crippen molar-refractivity contribution in [2.45, 2.75) is 84.7 Å². The molecule has 0 spiro atoms. The Morgan fingerprint density at radius 1 is 0.870 bits per heavy atom. The van der Waals surface area contributed by atoms with Gasteiger partial charge in [0.25, 0.3) is 0 Å². The molecule has 0 saturated heterocycles. The van der Waals surface area contributed by atoms with Crippen LogP contribution in [0.25, 0.3) is 0 Å². The minimum absolute atomic E-state index is 0.261. The Labute approximate surface area is 151 Å². The van der Waals surface area contributed by atoms with Crippen molar-refractivity contribution >= 4 is 26.8 Å². The second-order valence-electron chi connectivity index (χ2n) is 9.40. The fraction of sp³-hybridized carbons (Fsp3) is 0.684. The predicted octanol–water partition coefficient (Wildman–Crippen LogP) is 7.61. The topological polar surface area (TPSA) is 9.23 Å². The van der Waals surface area contributed by atoms with Crippen LogP contribution in [0, 0.1) is 6.92 Å². The minimum atomic E-state index is -1.67. The molecule has 0 aliphatic heterocycles. The summed E-state index contributed by atoms with van der Waals surface area (Å²) in [6.07, 6.45) is 0. The van der Waals surface area contributed by atoms with Crippen molar-refractivity contribution in [2.24, 2.45) is 0 Å². The van der Waals surface area contributed by atoms with E-state index in [9.17, 15) is 0 Å². The molecule has 134 valence electrons. The molecule has 0 N–H and O–H groups in total. The second kappa shape index (κ2) is 7.75. The molecule has 0 heterocycles. The highest BCUT2D eigenvalue weighted by atomic mass is 35.6. The van der Waals surface area contributed by atoms with Crippen molar-refractivity contribution in [3.63, 3.8) is 0 Å². The molecule has 23 heavy (non-hydrogen) atoms. The molecule has 1 nitrogen and oxygen atoms in total. The Morgan fingerprint density at radius 2 is 1.30 bits per heavy atom. The van der Waals surface area contributed by atoms with E-state index in [1.165, 1.54) is 5.56 Å². The Balaban J connectivity index is 0.000000515. The lowest BCUT2D eigenvalue weighted by Gasteiger charge is -2.36. The lowest BCUT2D eigenvalue weighted by molar-refractivity contribution is 0.492. The van der Waals surface area contributed by atoms with Crippen LogP contribution in [0.3, 0.4) is 0 Å². The quantitative estimate of drug-likeness (QED) is 0.383. The van der Waals surface area contributed by atoms with E-state index in [0.717, 1.165) is 5.75 Å². The molecular weight excluding hydrogens is 336 g/mol. The number of hydrogen-bond acceptors (Lipinski definition) is 1. The van der Waals surface area contributed by atoms with E-state index in [-0.39, 0.29) is 5.04 Å². The van der Waals surface area contributed by atoms with Crippen molar-refractivity contribution in [3.8, 4) is 5.75 Å². The summed E-state index contributed by atoms with van der Waals surface area (Å²) in [5, 5.41) is 0.602. The number of benzene rings is 1. The van der Waals surface area contributed by atoms with Crippen LogP contribution in [0.4, 0.5) is 0 Å². The summed E-state index contributed by atoms with van der Waals surface area (Å²) in [5.41, 5.74) is 1.26. The van der Waals surface area contributed by atoms with Gasteiger partial charge in [-0.1, -0.05) is 66.8 Å². The number of rotatable bonds is 2. The smallest absolute Gasteiger partial charge is 0.250 e. The molecule has 1 aromatic carbocycles. The Hall–Kier alpha value is -0.256. The maximum atomic E-state index is 6.19.